The van der Waals surface area contributed by atoms with E-state index in [1.807, 2.05) is 11.4 Å². The lowest BCUT2D eigenvalue weighted by atomic mass is 10.1. The van der Waals surface area contributed by atoms with Crippen LogP contribution in [-0.4, -0.2) is 56.2 Å². The van der Waals surface area contributed by atoms with E-state index in [2.05, 4.69) is 222 Å². The van der Waals surface area contributed by atoms with E-state index in [9.17, 15) is 0 Å². The summed E-state index contributed by atoms with van der Waals surface area (Å²) in [5, 5.41) is 6.77. The smallest absolute Gasteiger partial charge is 0.261 e. The highest BCUT2D eigenvalue weighted by atomic mass is 32.1. The van der Waals surface area contributed by atoms with Gasteiger partial charge in [0.05, 0.1) is 18.1 Å². The summed E-state index contributed by atoms with van der Waals surface area (Å²) < 4.78 is 33.7. The second kappa shape index (κ2) is 20.9. The van der Waals surface area contributed by atoms with Crippen LogP contribution in [0.1, 0.15) is 57.5 Å². The van der Waals surface area contributed by atoms with E-state index in [0.29, 0.717) is 46.1 Å². The van der Waals surface area contributed by atoms with Gasteiger partial charge in [-0.3, -0.25) is 0 Å². The third-order valence-corrected chi connectivity index (χ3v) is 23.5. The molecule has 1 aliphatic heterocycles. The van der Waals surface area contributed by atoms with Gasteiger partial charge >= 0.3 is 0 Å². The molecule has 8 rings (SSSR count). The van der Waals surface area contributed by atoms with Crippen molar-refractivity contribution in [2.45, 2.75) is 58.2 Å². The molecule has 66 heavy (non-hydrogen) atoms. The molecular weight excluding hydrogens is 867 g/mol. The fraction of sp³-hybridized carbons (Fsp3) is 0.263. The highest BCUT2D eigenvalue weighted by Crippen LogP contribution is 2.42. The number of thiophene rings is 1. The van der Waals surface area contributed by atoms with Gasteiger partial charge in [0.2, 0.25) is 0 Å². The lowest BCUT2D eigenvalue weighted by molar-refractivity contribution is 0.173. The van der Waals surface area contributed by atoms with E-state index < -0.39 is 16.6 Å². The number of nitrogens with zero attached hydrogens (tertiary/aromatic N) is 1. The molecule has 0 aliphatic carbocycles. The molecule has 0 saturated carbocycles. The van der Waals surface area contributed by atoms with Crippen LogP contribution >= 0.6 is 11.3 Å². The van der Waals surface area contributed by atoms with Crippen molar-refractivity contribution in [2.24, 2.45) is 0 Å². The summed E-state index contributed by atoms with van der Waals surface area (Å²) in [6.07, 6.45) is 4.23. The number of ether oxygens (including phenoxy) is 3. The first-order valence-corrected chi connectivity index (χ1v) is 27.8. The maximum absolute atomic E-state index is 7.54. The Morgan fingerprint density at radius 2 is 1.02 bits per heavy atom. The van der Waals surface area contributed by atoms with Gasteiger partial charge in [0.1, 0.15) is 25.6 Å². The second-order valence-electron chi connectivity index (χ2n) is 18.8. The van der Waals surface area contributed by atoms with Crippen LogP contribution in [0.3, 0.4) is 0 Å². The fourth-order valence-corrected chi connectivity index (χ4v) is 19.3. The van der Waals surface area contributed by atoms with Gasteiger partial charge in [0.15, 0.2) is 11.5 Å². The van der Waals surface area contributed by atoms with E-state index in [1.165, 1.54) is 20.7 Å². The predicted octanol–water partition coefficient (Wildman–Crippen LogP) is 11.2. The first-order chi connectivity index (χ1) is 32.0. The van der Waals surface area contributed by atoms with Gasteiger partial charge in [-0.2, -0.15) is 0 Å². The summed E-state index contributed by atoms with van der Waals surface area (Å²) in [6.45, 7) is 17.9. The summed E-state index contributed by atoms with van der Waals surface area (Å²) in [7, 11) is -5.62. The van der Waals surface area contributed by atoms with Gasteiger partial charge < -0.3 is 28.0 Å². The maximum atomic E-state index is 7.54. The van der Waals surface area contributed by atoms with Gasteiger partial charge in [0, 0.05) is 35.8 Å². The molecule has 7 aromatic rings. The number of hydrogen-bond acceptors (Lipinski definition) is 7. The van der Waals surface area contributed by atoms with Gasteiger partial charge in [-0.25, -0.2) is 0 Å². The molecule has 2 heterocycles. The molecule has 0 atom stereocenters. The molecule has 9 heteroatoms. The van der Waals surface area contributed by atoms with Crippen LogP contribution < -0.4 is 39.9 Å². The van der Waals surface area contributed by atoms with Crippen molar-refractivity contribution in [3.8, 4) is 17.2 Å². The van der Waals surface area contributed by atoms with Gasteiger partial charge in [-0.05, 0) is 60.7 Å². The molecule has 0 unspecified atom stereocenters. The topological polar surface area (TPSA) is 49.4 Å². The average molecular weight is 930 g/mol. The largest absolute Gasteiger partial charge is 0.488 e. The zero-order valence-corrected chi connectivity index (χ0v) is 42.1. The molecule has 6 aromatic carbocycles. The number of hydrogen-bond donors (Lipinski definition) is 0. The SMILES string of the molecule is CC(C)(C)[Si](OCCN(CCO[Si](c1ccccc1)(c1ccccc1)C(C)(C)C)c1ccc(/C=C/c2scc3c2OCCO3)c(OCc2ccccc2)c1)(c1ccccc1)c1ccccc1. The first kappa shape index (κ1) is 46.8. The number of benzene rings is 6. The quantitative estimate of drug-likeness (QED) is 0.0799. The molecule has 0 bridgehead atoms. The molecule has 0 spiro atoms. The number of fused-ring (bicyclic) bond motifs is 1. The normalized spacial score (nSPS) is 13.2. The van der Waals surface area contributed by atoms with Crippen LogP contribution in [0, 0.1) is 0 Å². The molecule has 0 N–H and O–H groups in total. The zero-order valence-electron chi connectivity index (χ0n) is 39.2. The monoisotopic (exact) mass is 929 g/mol. The Morgan fingerprint density at radius 3 is 1.48 bits per heavy atom. The predicted molar refractivity (Wildman–Crippen MR) is 281 cm³/mol. The van der Waals surface area contributed by atoms with Crippen LogP contribution in [0.4, 0.5) is 5.69 Å². The molecule has 340 valence electrons. The van der Waals surface area contributed by atoms with Gasteiger partial charge in [0.25, 0.3) is 16.6 Å². The summed E-state index contributed by atoms with van der Waals surface area (Å²) in [5.41, 5.74) is 3.11. The number of rotatable bonds is 18. The summed E-state index contributed by atoms with van der Waals surface area (Å²) in [5.74, 6) is 2.40. The van der Waals surface area contributed by atoms with Crippen molar-refractivity contribution in [1.29, 1.82) is 0 Å². The summed E-state index contributed by atoms with van der Waals surface area (Å²) in [6, 6.07) is 60.5. The van der Waals surface area contributed by atoms with Crippen molar-refractivity contribution in [3.05, 3.63) is 191 Å². The molecular formula is C57H63NO5SSi2. The van der Waals surface area contributed by atoms with E-state index in [-0.39, 0.29) is 10.1 Å². The molecule has 0 saturated heterocycles. The fourth-order valence-electron chi connectivity index (χ4n) is 9.39. The molecule has 1 aromatic heterocycles. The van der Waals surface area contributed by atoms with Crippen molar-refractivity contribution < 1.29 is 23.1 Å². The van der Waals surface area contributed by atoms with Gasteiger partial charge in [-0.1, -0.05) is 193 Å². The Morgan fingerprint density at radius 1 is 0.561 bits per heavy atom. The van der Waals surface area contributed by atoms with E-state index in [0.717, 1.165) is 38.9 Å². The van der Waals surface area contributed by atoms with Crippen molar-refractivity contribution in [2.75, 3.05) is 44.4 Å². The Labute approximate surface area is 398 Å². The maximum Gasteiger partial charge on any atom is 0.261 e. The van der Waals surface area contributed by atoms with Crippen LogP contribution in [0.5, 0.6) is 17.2 Å². The minimum absolute atomic E-state index is 0.154. The van der Waals surface area contributed by atoms with Crippen molar-refractivity contribution in [1.82, 2.24) is 0 Å². The highest BCUT2D eigenvalue weighted by Gasteiger charge is 2.51. The summed E-state index contributed by atoms with van der Waals surface area (Å²) >= 11 is 1.62. The third kappa shape index (κ3) is 10.2. The van der Waals surface area contributed by atoms with Gasteiger partial charge in [-0.15, -0.1) is 11.3 Å². The van der Waals surface area contributed by atoms with Crippen LogP contribution in [0.15, 0.2) is 175 Å². The Kier molecular flexibility index (Phi) is 14.8. The lowest BCUT2D eigenvalue weighted by Crippen LogP contribution is -2.67. The second-order valence-corrected chi connectivity index (χ2v) is 28.4. The molecule has 0 fully saturated rings. The standard InChI is InChI=1S/C57H63NO5SSi2/c1-56(2,3)65(48-24-14-8-15-25-48,49-26-16-9-17-27-49)62-38-36-58(37-39-63-66(57(4,5)6,50-28-18-10-19-29-50)51-30-20-11-21-31-51)47-34-32-46(52(42-47)61-43-45-22-12-7-13-23-45)33-35-54-55-53(44-64-54)59-40-41-60-55/h7-35,42,44H,36-41,43H2,1-6H3/b35-33+. The Balaban J connectivity index is 1.17. The van der Waals surface area contributed by atoms with Crippen LogP contribution in [-0.2, 0) is 15.5 Å². The Bertz CT molecular complexity index is 2440. The summed E-state index contributed by atoms with van der Waals surface area (Å²) in [4.78, 5) is 3.45. The molecule has 6 nitrogen and oxygen atoms in total. The van der Waals surface area contributed by atoms with Crippen molar-refractivity contribution in [3.63, 3.8) is 0 Å². The first-order valence-electron chi connectivity index (χ1n) is 23.1. The highest BCUT2D eigenvalue weighted by molar-refractivity contribution is 7.11. The minimum Gasteiger partial charge on any atom is -0.488 e. The third-order valence-electron chi connectivity index (χ3n) is 12.5. The van der Waals surface area contributed by atoms with E-state index in [1.54, 1.807) is 11.3 Å². The zero-order chi connectivity index (χ0) is 46.0. The number of anilines is 1. The van der Waals surface area contributed by atoms with E-state index in [4.69, 9.17) is 23.1 Å². The van der Waals surface area contributed by atoms with Crippen LogP contribution in [0.2, 0.25) is 10.1 Å². The average Bonchev–Trinajstić information content (AvgIpc) is 3.76. The molecule has 0 amide bonds. The van der Waals surface area contributed by atoms with Crippen molar-refractivity contribution >= 4 is 66.6 Å². The minimum atomic E-state index is -2.81. The van der Waals surface area contributed by atoms with E-state index >= 15 is 0 Å². The lowest BCUT2D eigenvalue weighted by Gasteiger charge is -2.44. The molecule has 0 radical (unpaired) electrons. The Hall–Kier alpha value is -5.69. The molecule has 1 aliphatic rings. The van der Waals surface area contributed by atoms with Crippen LogP contribution in [0.25, 0.3) is 12.2 Å².